The molecule has 1 N–H and O–H groups in total. The summed E-state index contributed by atoms with van der Waals surface area (Å²) >= 11 is 0. The zero-order valence-electron chi connectivity index (χ0n) is 24.6. The number of carbonyl (C=O) groups is 2. The molecule has 13 heteroatoms. The third-order valence-electron chi connectivity index (χ3n) is 7.07. The van der Waals surface area contributed by atoms with Gasteiger partial charge in [-0.15, -0.1) is 0 Å². The van der Waals surface area contributed by atoms with E-state index in [1.165, 1.54) is 16.8 Å². The van der Waals surface area contributed by atoms with Crippen LogP contribution in [0.1, 0.15) is 76.2 Å². The first-order chi connectivity index (χ1) is 20.0. The Morgan fingerprint density at radius 1 is 1.26 bits per heavy atom. The fourth-order valence-corrected chi connectivity index (χ4v) is 5.25. The van der Waals surface area contributed by atoms with Crippen LogP contribution in [0.15, 0.2) is 24.7 Å². The van der Waals surface area contributed by atoms with E-state index in [0.717, 1.165) is 25.5 Å². The van der Waals surface area contributed by atoms with E-state index in [1.54, 1.807) is 33.9 Å². The molecule has 0 saturated heterocycles. The van der Waals surface area contributed by atoms with Gasteiger partial charge in [0.1, 0.15) is 23.1 Å². The maximum absolute atomic E-state index is 14.5. The summed E-state index contributed by atoms with van der Waals surface area (Å²) in [6, 6.07) is 1.40. The van der Waals surface area contributed by atoms with Crippen molar-refractivity contribution in [2.75, 3.05) is 18.1 Å². The molecule has 1 fully saturated rings. The maximum atomic E-state index is 14.5. The Balaban J connectivity index is 1.38. The van der Waals surface area contributed by atoms with Crippen molar-refractivity contribution in [2.24, 2.45) is 0 Å². The Labute approximate surface area is 243 Å². The van der Waals surface area contributed by atoms with Crippen LogP contribution in [-0.2, 0) is 16.0 Å². The van der Waals surface area contributed by atoms with Gasteiger partial charge in [0, 0.05) is 18.5 Å². The highest BCUT2D eigenvalue weighted by atomic mass is 19.1. The Bertz CT molecular complexity index is 1460. The highest BCUT2D eigenvalue weighted by Gasteiger charge is 2.41. The Hall–Kier alpha value is -4.16. The number of nitrogens with one attached hydrogen (secondary N) is 1. The minimum Gasteiger partial charge on any atom is -0.483 e. The van der Waals surface area contributed by atoms with Crippen LogP contribution >= 0.6 is 0 Å². The lowest BCUT2D eigenvalue weighted by Gasteiger charge is -2.39. The first kappa shape index (κ1) is 29.3. The van der Waals surface area contributed by atoms with Crippen molar-refractivity contribution in [2.45, 2.75) is 90.7 Å². The topological polar surface area (TPSA) is 129 Å². The molecule has 0 unspecified atom stereocenters. The van der Waals surface area contributed by atoms with Crippen LogP contribution in [0.3, 0.4) is 0 Å². The summed E-state index contributed by atoms with van der Waals surface area (Å²) in [4.78, 5) is 35.7. The zero-order valence-corrected chi connectivity index (χ0v) is 24.6. The molecule has 5 rings (SSSR count). The van der Waals surface area contributed by atoms with Crippen LogP contribution in [0.25, 0.3) is 5.65 Å². The van der Waals surface area contributed by atoms with Gasteiger partial charge in [0.05, 0.1) is 43.9 Å². The molecule has 1 saturated carbocycles. The summed E-state index contributed by atoms with van der Waals surface area (Å²) in [7, 11) is 0. The first-order valence-corrected chi connectivity index (χ1v) is 14.3. The van der Waals surface area contributed by atoms with Gasteiger partial charge in [-0.2, -0.15) is 5.10 Å². The summed E-state index contributed by atoms with van der Waals surface area (Å²) in [5.74, 6) is 0.347. The number of carbonyl (C=O) groups excluding carboxylic acids is 2. The van der Waals surface area contributed by atoms with Gasteiger partial charge in [0.25, 0.3) is 0 Å². The maximum Gasteiger partial charge on any atom is 0.407 e. The lowest BCUT2D eigenvalue weighted by Crippen LogP contribution is -2.47. The molecule has 0 radical (unpaired) electrons. The summed E-state index contributed by atoms with van der Waals surface area (Å²) in [5, 5.41) is 7.00. The quantitative estimate of drug-likeness (QED) is 0.360. The number of pyridine rings is 1. The number of rotatable bonds is 9. The number of hydrogen-bond donors (Lipinski definition) is 1. The summed E-state index contributed by atoms with van der Waals surface area (Å²) in [5.41, 5.74) is 0.547. The molecule has 0 aromatic carbocycles. The van der Waals surface area contributed by atoms with Gasteiger partial charge in [-0.25, -0.2) is 28.5 Å². The van der Waals surface area contributed by atoms with E-state index in [4.69, 9.17) is 23.9 Å². The van der Waals surface area contributed by atoms with Gasteiger partial charge >= 0.3 is 12.1 Å². The lowest BCUT2D eigenvalue weighted by atomic mass is 10.1. The van der Waals surface area contributed by atoms with Crippen molar-refractivity contribution in [1.29, 1.82) is 0 Å². The Morgan fingerprint density at radius 2 is 2.07 bits per heavy atom. The molecule has 3 aromatic rings. The van der Waals surface area contributed by atoms with Crippen LogP contribution in [0.4, 0.5) is 15.0 Å². The average molecular weight is 585 g/mol. The van der Waals surface area contributed by atoms with Crippen LogP contribution in [0, 0.1) is 5.82 Å². The van der Waals surface area contributed by atoms with Crippen molar-refractivity contribution in [1.82, 2.24) is 24.9 Å². The number of anilines is 1. The van der Waals surface area contributed by atoms with E-state index in [0.29, 0.717) is 41.6 Å². The van der Waals surface area contributed by atoms with Crippen LogP contribution in [-0.4, -0.2) is 68.6 Å². The second kappa shape index (κ2) is 12.0. The van der Waals surface area contributed by atoms with Gasteiger partial charge in [0.2, 0.25) is 5.88 Å². The van der Waals surface area contributed by atoms with Gasteiger partial charge in [-0.05, 0) is 59.9 Å². The third-order valence-corrected chi connectivity index (χ3v) is 7.07. The monoisotopic (exact) mass is 584 g/mol. The van der Waals surface area contributed by atoms with Crippen molar-refractivity contribution in [3.63, 3.8) is 0 Å². The molecule has 0 bridgehead atoms. The molecular formula is C29H37FN6O6. The zero-order chi connectivity index (χ0) is 30.0. The van der Waals surface area contributed by atoms with Gasteiger partial charge in [0.15, 0.2) is 17.2 Å². The van der Waals surface area contributed by atoms with Crippen LogP contribution in [0.5, 0.6) is 11.6 Å². The minimum absolute atomic E-state index is 0.00650. The molecule has 226 valence electrons. The molecule has 1 aliphatic carbocycles. The largest absolute Gasteiger partial charge is 0.483 e. The van der Waals surface area contributed by atoms with Crippen molar-refractivity contribution >= 4 is 23.5 Å². The summed E-state index contributed by atoms with van der Waals surface area (Å²) in [6.45, 7) is 9.81. The summed E-state index contributed by atoms with van der Waals surface area (Å²) < 4.78 is 38.9. The Morgan fingerprint density at radius 3 is 2.83 bits per heavy atom. The van der Waals surface area contributed by atoms with E-state index >= 15 is 0 Å². The van der Waals surface area contributed by atoms with Crippen molar-refractivity contribution < 1.29 is 32.9 Å². The predicted octanol–water partition coefficient (Wildman–Crippen LogP) is 4.44. The molecule has 42 heavy (non-hydrogen) atoms. The molecule has 1 amide bonds. The van der Waals surface area contributed by atoms with Gasteiger partial charge in [-0.3, -0.25) is 0 Å². The van der Waals surface area contributed by atoms with E-state index < -0.39 is 23.5 Å². The second-order valence-electron chi connectivity index (χ2n) is 11.5. The first-order valence-electron chi connectivity index (χ1n) is 14.3. The highest BCUT2D eigenvalue weighted by molar-refractivity contribution is 5.96. The van der Waals surface area contributed by atoms with E-state index in [-0.39, 0.29) is 37.0 Å². The number of esters is 1. The van der Waals surface area contributed by atoms with Gasteiger partial charge < -0.3 is 29.2 Å². The Kier molecular flexibility index (Phi) is 8.37. The fraction of sp³-hybridized carbons (Fsp3) is 0.552. The summed E-state index contributed by atoms with van der Waals surface area (Å²) in [6.07, 6.45) is 6.56. The second-order valence-corrected chi connectivity index (χ2v) is 11.5. The normalized spacial score (nSPS) is 18.6. The smallest absolute Gasteiger partial charge is 0.407 e. The number of fused-ring (bicyclic) bond motifs is 3. The number of hydrogen-bond acceptors (Lipinski definition) is 10. The molecule has 2 aliphatic rings. The standard InChI is InChI=1S/C29H37FN6O6/c1-6-39-27(37)20-14-33-36-16-23-25(34-24(20)36)35(21-8-7-9-22(21)41-23)15-18-12-19(30)13-32-26(18)40-17(2)10-11-31-28(38)42-29(3,4)5/h12-14,16-17,21-22H,6-11,15H2,1-5H3,(H,31,38)/t17-,21+,22-/m0/s1. The molecule has 1 aliphatic heterocycles. The number of alkyl carbamates (subject to hydrolysis) is 1. The van der Waals surface area contributed by atoms with Crippen molar-refractivity contribution in [3.05, 3.63) is 41.6 Å². The van der Waals surface area contributed by atoms with E-state index in [2.05, 4.69) is 20.3 Å². The molecule has 3 atom stereocenters. The average Bonchev–Trinajstić information content (AvgIpc) is 3.55. The predicted molar refractivity (Wildman–Crippen MR) is 150 cm³/mol. The number of halogens is 1. The van der Waals surface area contributed by atoms with Crippen molar-refractivity contribution in [3.8, 4) is 11.6 Å². The highest BCUT2D eigenvalue weighted by Crippen LogP contribution is 2.42. The number of amides is 1. The molecule has 3 aromatic heterocycles. The number of ether oxygens (including phenoxy) is 4. The van der Waals surface area contributed by atoms with Crippen LogP contribution in [0.2, 0.25) is 0 Å². The lowest BCUT2D eigenvalue weighted by molar-refractivity contribution is 0.0513. The fourth-order valence-electron chi connectivity index (χ4n) is 5.25. The number of nitrogens with zero attached hydrogens (tertiary/aromatic N) is 5. The SMILES string of the molecule is CCOC(=O)c1cnn2cc3c(nc12)N(Cc1cc(F)cnc1O[C@@H](C)CCNC(=O)OC(C)(C)C)[C@@H]1CCC[C@@H]1O3. The molecule has 12 nitrogen and oxygen atoms in total. The number of aromatic nitrogens is 4. The van der Waals surface area contributed by atoms with E-state index in [1.807, 2.05) is 6.92 Å². The van der Waals surface area contributed by atoms with E-state index in [9.17, 15) is 14.0 Å². The van der Waals surface area contributed by atoms with Crippen LogP contribution < -0.4 is 19.7 Å². The molecular weight excluding hydrogens is 547 g/mol. The van der Waals surface area contributed by atoms with Gasteiger partial charge in [-0.1, -0.05) is 0 Å². The molecule has 0 spiro atoms. The molecule has 4 heterocycles. The third kappa shape index (κ3) is 6.50. The minimum atomic E-state index is -0.589.